The zero-order valence-electron chi connectivity index (χ0n) is 34.4. The number of aliphatic hydroxyl groups is 1. The van der Waals surface area contributed by atoms with Gasteiger partial charge in [-0.1, -0.05) is 0 Å². The largest absolute Gasteiger partial charge is 0.471 e. The molecular weight excluding hydrogens is 875 g/mol. The van der Waals surface area contributed by atoms with E-state index < -0.39 is 142 Å². The quantitative estimate of drug-likeness (QED) is 0.0478. The van der Waals surface area contributed by atoms with Gasteiger partial charge in [0.15, 0.2) is 0 Å². The standard InChI is InChI=1S/C35H55F12N6O7P/c1-26(2)53(27(3)4)61(60-25-11-14-48)59-24-10-8-18-52(31(58)35(45,46)47)22-13-20-50(29(56)33(39,40)41)16-6-5-15-49(28(55)32(36,37)38)19-12-21-51(17-7-9-23-54)30(57)34(42,43)44/h26-27,54H,5-13,15-25H2,1-4H3. The molecule has 0 aliphatic heterocycles. The van der Waals surface area contributed by atoms with Gasteiger partial charge in [0.2, 0.25) is 0 Å². The summed E-state index contributed by atoms with van der Waals surface area (Å²) in [7, 11) is -1.67. The van der Waals surface area contributed by atoms with Crippen molar-refractivity contribution >= 4 is 32.2 Å². The van der Waals surface area contributed by atoms with E-state index in [2.05, 4.69) is 0 Å². The first-order valence-electron chi connectivity index (χ1n) is 19.4. The molecule has 61 heavy (non-hydrogen) atoms. The lowest BCUT2D eigenvalue weighted by molar-refractivity contribution is -0.187. The number of halogens is 12. The number of aliphatic hydroxyl groups excluding tert-OH is 1. The maximum Gasteiger partial charge on any atom is 0.471 e. The predicted octanol–water partition coefficient (Wildman–Crippen LogP) is 6.96. The van der Waals surface area contributed by atoms with Gasteiger partial charge in [0.25, 0.3) is 8.53 Å². The molecule has 356 valence electrons. The summed E-state index contributed by atoms with van der Waals surface area (Å²) in [5, 5.41) is 17.7. The number of amides is 4. The second kappa shape index (κ2) is 27.8. The number of unbranched alkanes of at least 4 members (excludes halogenated alkanes) is 3. The van der Waals surface area contributed by atoms with Gasteiger partial charge in [0.05, 0.1) is 25.7 Å². The molecule has 0 spiro atoms. The third kappa shape index (κ3) is 23.2. The first-order valence-corrected chi connectivity index (χ1v) is 20.5. The number of nitrogens with zero attached hydrogens (tertiary/aromatic N) is 6. The van der Waals surface area contributed by atoms with E-state index in [1.165, 1.54) is 0 Å². The summed E-state index contributed by atoms with van der Waals surface area (Å²) in [5.74, 6) is -9.44. The van der Waals surface area contributed by atoms with Crippen LogP contribution in [0.4, 0.5) is 52.7 Å². The maximum absolute atomic E-state index is 13.5. The van der Waals surface area contributed by atoms with Crippen LogP contribution >= 0.6 is 8.53 Å². The molecule has 13 nitrogen and oxygen atoms in total. The van der Waals surface area contributed by atoms with Gasteiger partial charge in [-0.25, -0.2) is 4.67 Å². The highest BCUT2D eigenvalue weighted by molar-refractivity contribution is 7.44. The first-order chi connectivity index (χ1) is 28.1. The van der Waals surface area contributed by atoms with Crippen molar-refractivity contribution in [2.45, 2.75) is 122 Å². The second-order valence-corrected chi connectivity index (χ2v) is 15.5. The molecule has 0 bridgehead atoms. The van der Waals surface area contributed by atoms with Crippen LogP contribution in [0.1, 0.15) is 85.5 Å². The van der Waals surface area contributed by atoms with Crippen molar-refractivity contribution in [3.8, 4) is 6.07 Å². The molecule has 0 aromatic rings. The molecule has 4 amide bonds. The monoisotopic (exact) mass is 930 g/mol. The fraction of sp³-hybridized carbons (Fsp3) is 0.857. The molecule has 0 aliphatic carbocycles. The van der Waals surface area contributed by atoms with Crippen molar-refractivity contribution in [2.24, 2.45) is 0 Å². The van der Waals surface area contributed by atoms with Crippen LogP contribution in [-0.4, -0.2) is 162 Å². The van der Waals surface area contributed by atoms with Crippen LogP contribution in [0.15, 0.2) is 0 Å². The van der Waals surface area contributed by atoms with Crippen molar-refractivity contribution in [3.63, 3.8) is 0 Å². The van der Waals surface area contributed by atoms with Gasteiger partial charge in [-0.2, -0.15) is 57.9 Å². The van der Waals surface area contributed by atoms with Gasteiger partial charge in [-0.3, -0.25) is 19.2 Å². The molecule has 0 radical (unpaired) electrons. The van der Waals surface area contributed by atoms with E-state index >= 15 is 0 Å². The fourth-order valence-corrected chi connectivity index (χ4v) is 7.39. The topological polar surface area (TPSA) is 147 Å². The van der Waals surface area contributed by atoms with Crippen LogP contribution in [0.2, 0.25) is 0 Å². The van der Waals surface area contributed by atoms with Gasteiger partial charge in [0.1, 0.15) is 0 Å². The van der Waals surface area contributed by atoms with E-state index in [1.54, 1.807) is 0 Å². The summed E-state index contributed by atoms with van der Waals surface area (Å²) in [6, 6.07) is 1.84. The van der Waals surface area contributed by atoms with Crippen molar-refractivity contribution in [1.29, 1.82) is 5.26 Å². The number of carbonyl (C=O) groups is 4. The van der Waals surface area contributed by atoms with Gasteiger partial charge in [-0.15, -0.1) is 0 Å². The number of hydrogen-bond donors (Lipinski definition) is 1. The first kappa shape index (κ1) is 57.8. The van der Waals surface area contributed by atoms with Crippen LogP contribution in [0.3, 0.4) is 0 Å². The van der Waals surface area contributed by atoms with Crippen molar-refractivity contribution in [1.82, 2.24) is 24.3 Å². The number of nitriles is 1. The Balaban J connectivity index is 5.68. The number of rotatable bonds is 29. The van der Waals surface area contributed by atoms with Crippen LogP contribution in [-0.2, 0) is 28.2 Å². The minimum Gasteiger partial charge on any atom is -0.396 e. The molecule has 0 aliphatic rings. The normalized spacial score (nSPS) is 13.1. The third-order valence-electron chi connectivity index (χ3n) is 8.46. The lowest BCUT2D eigenvalue weighted by atomic mass is 10.2. The minimum atomic E-state index is -5.48. The van der Waals surface area contributed by atoms with E-state index in [0.29, 0.717) is 9.80 Å². The Bertz CT molecular complexity index is 1360. The molecule has 26 heteroatoms. The molecule has 0 saturated heterocycles. The summed E-state index contributed by atoms with van der Waals surface area (Å²) in [5.41, 5.74) is 0. The number of carbonyl (C=O) groups excluding carboxylic acids is 4. The van der Waals surface area contributed by atoms with E-state index in [1.807, 2.05) is 38.4 Å². The molecule has 0 rings (SSSR count). The summed E-state index contributed by atoms with van der Waals surface area (Å²) in [6.45, 7) is 1.40. The molecule has 1 N–H and O–H groups in total. The summed E-state index contributed by atoms with van der Waals surface area (Å²) >= 11 is 0. The highest BCUT2D eigenvalue weighted by atomic mass is 31.2. The lowest BCUT2D eigenvalue weighted by Gasteiger charge is -2.35. The summed E-state index contributed by atoms with van der Waals surface area (Å²) < 4.78 is 173. The maximum atomic E-state index is 13.5. The molecule has 1 unspecified atom stereocenters. The van der Waals surface area contributed by atoms with Crippen LogP contribution in [0.25, 0.3) is 0 Å². The zero-order chi connectivity index (χ0) is 47.2. The lowest BCUT2D eigenvalue weighted by Crippen LogP contribution is -2.46. The van der Waals surface area contributed by atoms with Crippen molar-refractivity contribution < 1.29 is 86.0 Å². The Morgan fingerprint density at radius 1 is 0.508 bits per heavy atom. The number of alkyl halides is 12. The highest BCUT2D eigenvalue weighted by Crippen LogP contribution is 2.46. The zero-order valence-corrected chi connectivity index (χ0v) is 35.3. The summed E-state index contributed by atoms with van der Waals surface area (Å²) in [4.78, 5) is 49.3. The minimum absolute atomic E-state index is 0.00871. The smallest absolute Gasteiger partial charge is 0.396 e. The highest BCUT2D eigenvalue weighted by Gasteiger charge is 2.45. The van der Waals surface area contributed by atoms with E-state index in [0.717, 1.165) is 0 Å². The van der Waals surface area contributed by atoms with Crippen LogP contribution < -0.4 is 0 Å². The molecule has 0 heterocycles. The molecule has 1 atom stereocenters. The molecule has 0 aromatic heterocycles. The van der Waals surface area contributed by atoms with E-state index in [-0.39, 0.29) is 67.2 Å². The van der Waals surface area contributed by atoms with E-state index in [4.69, 9.17) is 19.4 Å². The summed E-state index contributed by atoms with van der Waals surface area (Å²) in [6.07, 6.45) is -23.7. The Morgan fingerprint density at radius 3 is 1.07 bits per heavy atom. The van der Waals surface area contributed by atoms with Crippen molar-refractivity contribution in [3.05, 3.63) is 0 Å². The van der Waals surface area contributed by atoms with Crippen LogP contribution in [0, 0.1) is 11.3 Å². The van der Waals surface area contributed by atoms with Gasteiger partial charge < -0.3 is 33.8 Å². The Morgan fingerprint density at radius 2 is 0.787 bits per heavy atom. The van der Waals surface area contributed by atoms with Gasteiger partial charge in [0, 0.05) is 71.0 Å². The third-order valence-corrected chi connectivity index (χ3v) is 10.6. The Hall–Kier alpha value is -3.20. The molecule has 0 fully saturated rings. The Labute approximate surface area is 348 Å². The second-order valence-electron chi connectivity index (χ2n) is 14.1. The average Bonchev–Trinajstić information content (AvgIpc) is 3.13. The molecule has 0 aromatic carbocycles. The molecular formula is C35H55F12N6O7P. The molecule has 0 saturated carbocycles. The van der Waals surface area contributed by atoms with Gasteiger partial charge >= 0.3 is 48.3 Å². The Kier molecular flexibility index (Phi) is 26.3. The SMILES string of the molecule is CC(C)N(C(C)C)P(OCCC#N)OCCCCN(CCCN(CCCCN(CCCN(CCCCO)C(=O)C(F)(F)F)C(=O)C(F)(F)F)C(=O)C(F)(F)F)C(=O)C(F)(F)F. The average molecular weight is 931 g/mol. The predicted molar refractivity (Wildman–Crippen MR) is 196 cm³/mol. The number of hydrogen-bond acceptors (Lipinski definition) is 9. The van der Waals surface area contributed by atoms with E-state index in [9.17, 15) is 71.9 Å². The van der Waals surface area contributed by atoms with Crippen molar-refractivity contribution in [2.75, 3.05) is 72.2 Å². The van der Waals surface area contributed by atoms with Gasteiger partial charge in [-0.05, 0) is 79.1 Å². The van der Waals surface area contributed by atoms with Crippen LogP contribution in [0.5, 0.6) is 0 Å². The fourth-order valence-electron chi connectivity index (χ4n) is 5.76.